The number of halogens is 5. The Hall–Kier alpha value is -1.77. The van der Waals surface area contributed by atoms with Gasteiger partial charge >= 0.3 is 5.69 Å². The zero-order valence-corrected chi connectivity index (χ0v) is 9.76. The van der Waals surface area contributed by atoms with Crippen LogP contribution in [0.3, 0.4) is 0 Å². The molecule has 1 aromatic heterocycles. The van der Waals surface area contributed by atoms with Gasteiger partial charge in [0.05, 0.1) is 9.40 Å². The van der Waals surface area contributed by atoms with Crippen molar-refractivity contribution >= 4 is 32.5 Å². The van der Waals surface area contributed by atoms with Gasteiger partial charge in [-0.05, 0) is 22.0 Å². The van der Waals surface area contributed by atoms with Gasteiger partial charge < -0.3 is 0 Å². The van der Waals surface area contributed by atoms with Crippen LogP contribution in [0, 0.1) is 33.5 Å². The van der Waals surface area contributed by atoms with E-state index < -0.39 is 49.4 Å². The van der Waals surface area contributed by atoms with Crippen LogP contribution >= 0.6 is 15.9 Å². The molecule has 18 heavy (non-hydrogen) atoms. The van der Waals surface area contributed by atoms with E-state index in [0.29, 0.717) is 6.07 Å². The molecular formula is C9HBrF4N2O2. The molecule has 1 heterocycles. The van der Waals surface area contributed by atoms with Crippen molar-refractivity contribution in [2.24, 2.45) is 0 Å². The van der Waals surface area contributed by atoms with Gasteiger partial charge in [-0.1, -0.05) is 0 Å². The first-order valence-corrected chi connectivity index (χ1v) is 5.10. The number of hydrogen-bond donors (Lipinski definition) is 0. The van der Waals surface area contributed by atoms with Gasteiger partial charge in [0, 0.05) is 5.39 Å². The number of fused-ring (bicyclic) bond motifs is 1. The molecule has 0 fully saturated rings. The molecule has 0 unspecified atom stereocenters. The monoisotopic (exact) mass is 324 g/mol. The zero-order valence-electron chi connectivity index (χ0n) is 8.18. The van der Waals surface area contributed by atoms with E-state index in [2.05, 4.69) is 20.9 Å². The first kappa shape index (κ1) is 12.7. The van der Waals surface area contributed by atoms with Crippen LogP contribution in [0.4, 0.5) is 23.2 Å². The minimum atomic E-state index is -1.78. The Morgan fingerprint density at radius 2 is 1.83 bits per heavy atom. The lowest BCUT2D eigenvalue weighted by molar-refractivity contribution is -0.390. The van der Waals surface area contributed by atoms with E-state index >= 15 is 0 Å². The van der Waals surface area contributed by atoms with Gasteiger partial charge in [-0.2, -0.15) is 8.78 Å². The highest BCUT2D eigenvalue weighted by molar-refractivity contribution is 9.10. The lowest BCUT2D eigenvalue weighted by Crippen LogP contribution is -2.03. The molecule has 9 heteroatoms. The Balaban J connectivity index is 3.01. The molecule has 0 amide bonds. The normalized spacial score (nSPS) is 10.9. The average molecular weight is 325 g/mol. The smallest absolute Gasteiger partial charge is 0.258 e. The summed E-state index contributed by atoms with van der Waals surface area (Å²) in [7, 11) is 0. The van der Waals surface area contributed by atoms with Crippen molar-refractivity contribution in [3.05, 3.63) is 44.1 Å². The molecule has 94 valence electrons. The van der Waals surface area contributed by atoms with Crippen molar-refractivity contribution in [2.75, 3.05) is 0 Å². The number of rotatable bonds is 1. The van der Waals surface area contributed by atoms with Gasteiger partial charge in [0.25, 0.3) is 5.95 Å². The van der Waals surface area contributed by atoms with E-state index in [0.717, 1.165) is 0 Å². The van der Waals surface area contributed by atoms with Crippen molar-refractivity contribution < 1.29 is 22.5 Å². The molecule has 1 aromatic carbocycles. The van der Waals surface area contributed by atoms with Crippen LogP contribution < -0.4 is 0 Å². The largest absolute Gasteiger partial charge is 0.359 e. The number of benzene rings is 1. The van der Waals surface area contributed by atoms with Crippen LogP contribution in [0.1, 0.15) is 0 Å². The van der Waals surface area contributed by atoms with Crippen LogP contribution in [-0.4, -0.2) is 9.91 Å². The van der Waals surface area contributed by atoms with Crippen molar-refractivity contribution in [1.29, 1.82) is 0 Å². The number of pyridine rings is 1. The van der Waals surface area contributed by atoms with Crippen molar-refractivity contribution in [3.8, 4) is 0 Å². The molecule has 4 nitrogen and oxygen atoms in total. The average Bonchev–Trinajstić information content (AvgIpc) is 2.28. The second-order valence-electron chi connectivity index (χ2n) is 3.20. The Morgan fingerprint density at radius 3 is 2.39 bits per heavy atom. The summed E-state index contributed by atoms with van der Waals surface area (Å²) in [6.07, 6.45) is 0. The third kappa shape index (κ3) is 1.70. The summed E-state index contributed by atoms with van der Waals surface area (Å²) in [5.74, 6) is -5.96. The van der Waals surface area contributed by atoms with Gasteiger partial charge in [-0.25, -0.2) is 13.8 Å². The summed E-state index contributed by atoms with van der Waals surface area (Å²) in [4.78, 5) is 12.0. The maximum atomic E-state index is 13.6. The predicted molar refractivity (Wildman–Crippen MR) is 55.9 cm³/mol. The third-order valence-electron chi connectivity index (χ3n) is 2.17. The molecule has 0 atom stereocenters. The summed E-state index contributed by atoms with van der Waals surface area (Å²) in [5, 5.41) is 9.61. The quantitative estimate of drug-likeness (QED) is 0.265. The topological polar surface area (TPSA) is 56.0 Å². The Kier molecular flexibility index (Phi) is 2.93. The molecular weight excluding hydrogens is 324 g/mol. The SMILES string of the molecule is O=[N+]([O-])c1c(F)nc2c(F)c(Br)c(F)cc2c1F. The first-order chi connectivity index (χ1) is 8.34. The fourth-order valence-electron chi connectivity index (χ4n) is 1.39. The summed E-state index contributed by atoms with van der Waals surface area (Å²) in [5.41, 5.74) is -2.38. The molecule has 0 aliphatic carbocycles. The molecule has 2 rings (SSSR count). The summed E-state index contributed by atoms with van der Waals surface area (Å²) < 4.78 is 52.8. The van der Waals surface area contributed by atoms with Gasteiger partial charge in [0.1, 0.15) is 11.3 Å². The highest BCUT2D eigenvalue weighted by atomic mass is 79.9. The second-order valence-corrected chi connectivity index (χ2v) is 4.00. The predicted octanol–water partition coefficient (Wildman–Crippen LogP) is 3.46. The Morgan fingerprint density at radius 1 is 1.22 bits per heavy atom. The van der Waals surface area contributed by atoms with E-state index in [1.54, 1.807) is 0 Å². The molecule has 0 saturated heterocycles. The van der Waals surface area contributed by atoms with Crippen LogP contribution in [0.5, 0.6) is 0 Å². The Bertz CT molecular complexity index is 692. The van der Waals surface area contributed by atoms with Crippen molar-refractivity contribution in [3.63, 3.8) is 0 Å². The summed E-state index contributed by atoms with van der Waals surface area (Å²) in [6, 6.07) is 0.497. The maximum Gasteiger partial charge on any atom is 0.359 e. The van der Waals surface area contributed by atoms with E-state index in [9.17, 15) is 27.7 Å². The number of nitrogens with zero attached hydrogens (tertiary/aromatic N) is 2. The van der Waals surface area contributed by atoms with Crippen LogP contribution in [0.25, 0.3) is 10.9 Å². The summed E-state index contributed by atoms with van der Waals surface area (Å²) >= 11 is 2.53. The second kappa shape index (κ2) is 4.16. The molecule has 0 saturated carbocycles. The molecule has 0 aliphatic heterocycles. The fourth-order valence-corrected chi connectivity index (χ4v) is 1.69. The zero-order chi connectivity index (χ0) is 13.6. The van der Waals surface area contributed by atoms with E-state index in [4.69, 9.17) is 0 Å². The Labute approximate surface area is 105 Å². The van der Waals surface area contributed by atoms with Gasteiger partial charge in [0.2, 0.25) is 5.82 Å². The standard InChI is InChI=1S/C9HBrF4N2O2/c10-4-3(11)1-2-5(12)8(16(17)18)9(14)15-7(2)6(4)13/h1H. The van der Waals surface area contributed by atoms with Crippen LogP contribution in [0.2, 0.25) is 0 Å². The minimum absolute atomic E-state index is 0.497. The fraction of sp³-hybridized carbons (Fsp3) is 0. The highest BCUT2D eigenvalue weighted by Crippen LogP contribution is 2.32. The van der Waals surface area contributed by atoms with Crippen LogP contribution in [-0.2, 0) is 0 Å². The number of aromatic nitrogens is 1. The molecule has 0 aliphatic rings. The first-order valence-electron chi connectivity index (χ1n) is 4.31. The maximum absolute atomic E-state index is 13.6. The lowest BCUT2D eigenvalue weighted by atomic mass is 10.2. The van der Waals surface area contributed by atoms with Crippen LogP contribution in [0.15, 0.2) is 10.5 Å². The highest BCUT2D eigenvalue weighted by Gasteiger charge is 2.28. The number of nitro groups is 1. The van der Waals surface area contributed by atoms with Crippen molar-refractivity contribution in [1.82, 2.24) is 4.98 Å². The van der Waals surface area contributed by atoms with E-state index in [1.807, 2.05) is 0 Å². The van der Waals surface area contributed by atoms with E-state index in [-0.39, 0.29) is 0 Å². The third-order valence-corrected chi connectivity index (χ3v) is 2.90. The van der Waals surface area contributed by atoms with Crippen molar-refractivity contribution in [2.45, 2.75) is 0 Å². The molecule has 0 radical (unpaired) electrons. The number of hydrogen-bond acceptors (Lipinski definition) is 3. The van der Waals surface area contributed by atoms with Gasteiger partial charge in [-0.15, -0.1) is 0 Å². The molecule has 0 N–H and O–H groups in total. The van der Waals surface area contributed by atoms with Gasteiger partial charge in [0.15, 0.2) is 5.82 Å². The van der Waals surface area contributed by atoms with Gasteiger partial charge in [-0.3, -0.25) is 10.1 Å². The lowest BCUT2D eigenvalue weighted by Gasteiger charge is -2.04. The minimum Gasteiger partial charge on any atom is -0.258 e. The molecule has 2 aromatic rings. The molecule has 0 bridgehead atoms. The summed E-state index contributed by atoms with van der Waals surface area (Å²) in [6.45, 7) is 0. The van der Waals surface area contributed by atoms with E-state index in [1.165, 1.54) is 0 Å². The molecule has 0 spiro atoms.